The van der Waals surface area contributed by atoms with Gasteiger partial charge < -0.3 is 5.11 Å². The smallest absolute Gasteiger partial charge is 0.306 e. The zero-order valence-electron chi connectivity index (χ0n) is 9.78. The van der Waals surface area contributed by atoms with Crippen LogP contribution >= 0.6 is 0 Å². The fourth-order valence-electron chi connectivity index (χ4n) is 1.51. The Morgan fingerprint density at radius 1 is 1.31 bits per heavy atom. The molecule has 3 nitrogen and oxygen atoms in total. The highest BCUT2D eigenvalue weighted by Gasteiger charge is 2.18. The van der Waals surface area contributed by atoms with Gasteiger partial charge in [-0.05, 0) is 25.5 Å². The molecule has 0 saturated heterocycles. The van der Waals surface area contributed by atoms with E-state index in [0.717, 1.165) is 11.1 Å². The Morgan fingerprint density at radius 2 is 1.94 bits per heavy atom. The first-order valence-electron chi connectivity index (χ1n) is 5.25. The third-order valence-corrected chi connectivity index (χ3v) is 2.61. The zero-order valence-corrected chi connectivity index (χ0v) is 9.78. The second-order valence-electron chi connectivity index (χ2n) is 4.18. The van der Waals surface area contributed by atoms with E-state index in [0.29, 0.717) is 5.56 Å². The highest BCUT2D eigenvalue weighted by atomic mass is 16.4. The number of hydrogen-bond donors (Lipinski definition) is 1. The summed E-state index contributed by atoms with van der Waals surface area (Å²) in [6, 6.07) is 5.63. The maximum atomic E-state index is 11.9. The molecule has 0 aliphatic rings. The molecule has 0 aromatic heterocycles. The van der Waals surface area contributed by atoms with E-state index in [4.69, 9.17) is 5.11 Å². The van der Waals surface area contributed by atoms with Gasteiger partial charge >= 0.3 is 5.97 Å². The van der Waals surface area contributed by atoms with Crippen molar-refractivity contribution in [2.45, 2.75) is 27.2 Å². The Hall–Kier alpha value is -1.64. The van der Waals surface area contributed by atoms with Crippen LogP contribution in [0, 0.1) is 19.8 Å². The minimum Gasteiger partial charge on any atom is -0.481 e. The highest BCUT2D eigenvalue weighted by Crippen LogP contribution is 2.15. The van der Waals surface area contributed by atoms with Crippen molar-refractivity contribution in [2.24, 2.45) is 5.92 Å². The van der Waals surface area contributed by atoms with Gasteiger partial charge in [-0.15, -0.1) is 0 Å². The molecule has 0 heterocycles. The Labute approximate surface area is 95.1 Å². The number of hydrogen-bond acceptors (Lipinski definition) is 2. The first kappa shape index (κ1) is 12.4. The molecule has 0 unspecified atom stereocenters. The molecule has 0 fully saturated rings. The Morgan fingerprint density at radius 3 is 2.50 bits per heavy atom. The monoisotopic (exact) mass is 220 g/mol. The number of carboxylic acids is 1. The van der Waals surface area contributed by atoms with Crippen LogP contribution in [-0.2, 0) is 4.79 Å². The number of rotatable bonds is 4. The molecule has 1 aromatic carbocycles. The summed E-state index contributed by atoms with van der Waals surface area (Å²) in [5.74, 6) is -1.66. The first-order chi connectivity index (χ1) is 7.41. The average Bonchev–Trinajstić information content (AvgIpc) is 2.21. The van der Waals surface area contributed by atoms with Crippen LogP contribution in [0.3, 0.4) is 0 Å². The number of carbonyl (C=O) groups excluding carboxylic acids is 1. The van der Waals surface area contributed by atoms with Crippen molar-refractivity contribution in [1.82, 2.24) is 0 Å². The molecule has 1 aromatic rings. The van der Waals surface area contributed by atoms with Gasteiger partial charge in [0.05, 0.1) is 5.92 Å². The van der Waals surface area contributed by atoms with Crippen LogP contribution in [0.25, 0.3) is 0 Å². The van der Waals surface area contributed by atoms with E-state index in [1.54, 1.807) is 6.92 Å². The predicted molar refractivity (Wildman–Crippen MR) is 61.7 cm³/mol. The summed E-state index contributed by atoms with van der Waals surface area (Å²) in [6.45, 7) is 5.32. The summed E-state index contributed by atoms with van der Waals surface area (Å²) in [4.78, 5) is 22.5. The highest BCUT2D eigenvalue weighted by molar-refractivity contribution is 5.99. The van der Waals surface area contributed by atoms with Crippen molar-refractivity contribution < 1.29 is 14.7 Å². The number of benzene rings is 1. The third-order valence-electron chi connectivity index (χ3n) is 2.61. The van der Waals surface area contributed by atoms with E-state index in [1.165, 1.54) is 0 Å². The van der Waals surface area contributed by atoms with Crippen LogP contribution < -0.4 is 0 Å². The average molecular weight is 220 g/mol. The van der Waals surface area contributed by atoms with Crippen LogP contribution in [0.4, 0.5) is 0 Å². The molecule has 86 valence electrons. The first-order valence-corrected chi connectivity index (χ1v) is 5.25. The number of aliphatic carboxylic acids is 1. The second kappa shape index (κ2) is 4.92. The summed E-state index contributed by atoms with van der Waals surface area (Å²) >= 11 is 0. The standard InChI is InChI=1S/C13H16O3/c1-8-4-5-9(2)11(6-8)12(14)7-10(3)13(15)16/h4-6,10H,7H2,1-3H3,(H,15,16)/t10-/m0/s1. The molecule has 1 rings (SSSR count). The van der Waals surface area contributed by atoms with E-state index >= 15 is 0 Å². The third kappa shape index (κ3) is 2.92. The van der Waals surface area contributed by atoms with E-state index in [1.807, 2.05) is 32.0 Å². The minimum atomic E-state index is -0.932. The molecule has 1 N–H and O–H groups in total. The van der Waals surface area contributed by atoms with Crippen molar-refractivity contribution in [3.05, 3.63) is 34.9 Å². The number of Topliss-reactive ketones (excluding diaryl/α,β-unsaturated/α-hetero) is 1. The maximum Gasteiger partial charge on any atom is 0.306 e. The topological polar surface area (TPSA) is 54.4 Å². The summed E-state index contributed by atoms with van der Waals surface area (Å²) in [7, 11) is 0. The molecular formula is C13H16O3. The second-order valence-corrected chi connectivity index (χ2v) is 4.18. The molecular weight excluding hydrogens is 204 g/mol. The van der Waals surface area contributed by atoms with Crippen molar-refractivity contribution in [3.8, 4) is 0 Å². The molecule has 3 heteroatoms. The van der Waals surface area contributed by atoms with E-state index < -0.39 is 11.9 Å². The van der Waals surface area contributed by atoms with Gasteiger partial charge in [-0.3, -0.25) is 9.59 Å². The molecule has 1 atom stereocenters. The molecule has 0 spiro atoms. The zero-order chi connectivity index (χ0) is 12.3. The Balaban J connectivity index is 2.88. The van der Waals surface area contributed by atoms with Crippen LogP contribution in [0.15, 0.2) is 18.2 Å². The summed E-state index contributed by atoms with van der Waals surface area (Å²) in [5.41, 5.74) is 2.54. The Kier molecular flexibility index (Phi) is 3.82. The lowest BCUT2D eigenvalue weighted by molar-refractivity contribution is -0.141. The number of carboxylic acid groups (broad SMARTS) is 1. The Bertz CT molecular complexity index is 421. The fourth-order valence-corrected chi connectivity index (χ4v) is 1.51. The molecule has 0 radical (unpaired) electrons. The molecule has 0 amide bonds. The van der Waals surface area contributed by atoms with Crippen molar-refractivity contribution >= 4 is 11.8 Å². The SMILES string of the molecule is Cc1ccc(C)c(C(=O)C[C@H](C)C(=O)O)c1. The largest absolute Gasteiger partial charge is 0.481 e. The van der Waals surface area contributed by atoms with Crippen LogP contribution in [0.2, 0.25) is 0 Å². The normalized spacial score (nSPS) is 12.2. The lowest BCUT2D eigenvalue weighted by Gasteiger charge is -2.08. The van der Waals surface area contributed by atoms with E-state index in [-0.39, 0.29) is 12.2 Å². The molecule has 0 aliphatic carbocycles. The molecule has 0 aliphatic heterocycles. The van der Waals surface area contributed by atoms with Gasteiger partial charge in [0.2, 0.25) is 0 Å². The molecule has 0 saturated carbocycles. The van der Waals surface area contributed by atoms with Gasteiger partial charge in [-0.1, -0.05) is 24.6 Å². The lowest BCUT2D eigenvalue weighted by atomic mass is 9.95. The molecule has 0 bridgehead atoms. The minimum absolute atomic E-state index is 0.0552. The van der Waals surface area contributed by atoms with Gasteiger partial charge in [-0.25, -0.2) is 0 Å². The van der Waals surface area contributed by atoms with Gasteiger partial charge in [0, 0.05) is 12.0 Å². The summed E-state index contributed by atoms with van der Waals surface area (Å²) in [5, 5.41) is 8.75. The predicted octanol–water partition coefficient (Wildman–Crippen LogP) is 2.60. The number of carbonyl (C=O) groups is 2. The number of ketones is 1. The van der Waals surface area contributed by atoms with Crippen molar-refractivity contribution in [1.29, 1.82) is 0 Å². The van der Waals surface area contributed by atoms with Gasteiger partial charge in [0.15, 0.2) is 5.78 Å². The van der Waals surface area contributed by atoms with Crippen LogP contribution in [0.1, 0.15) is 34.8 Å². The van der Waals surface area contributed by atoms with Gasteiger partial charge in [-0.2, -0.15) is 0 Å². The van der Waals surface area contributed by atoms with E-state index in [2.05, 4.69) is 0 Å². The summed E-state index contributed by atoms with van der Waals surface area (Å²) < 4.78 is 0. The number of aryl methyl sites for hydroxylation is 2. The van der Waals surface area contributed by atoms with Crippen LogP contribution in [-0.4, -0.2) is 16.9 Å². The van der Waals surface area contributed by atoms with Crippen molar-refractivity contribution in [2.75, 3.05) is 0 Å². The lowest BCUT2D eigenvalue weighted by Crippen LogP contribution is -2.15. The van der Waals surface area contributed by atoms with E-state index in [9.17, 15) is 9.59 Å². The summed E-state index contributed by atoms with van der Waals surface area (Å²) in [6.07, 6.45) is 0.0552. The van der Waals surface area contributed by atoms with Gasteiger partial charge in [0.1, 0.15) is 0 Å². The van der Waals surface area contributed by atoms with Crippen molar-refractivity contribution in [3.63, 3.8) is 0 Å². The van der Waals surface area contributed by atoms with Crippen LogP contribution in [0.5, 0.6) is 0 Å². The quantitative estimate of drug-likeness (QED) is 0.793. The molecule has 16 heavy (non-hydrogen) atoms. The van der Waals surface area contributed by atoms with Gasteiger partial charge in [0.25, 0.3) is 0 Å². The maximum absolute atomic E-state index is 11.9. The fraction of sp³-hybridized carbons (Fsp3) is 0.385.